The van der Waals surface area contributed by atoms with Crippen LogP contribution in [0.3, 0.4) is 0 Å². The predicted octanol–water partition coefficient (Wildman–Crippen LogP) is 1.09. The molecule has 1 aromatic carbocycles. The number of nitrogens with two attached hydrogens (primary N) is 1. The third kappa shape index (κ3) is 3.28. The SMILES string of the molecule is Cc1cc(C)n(-c2ccc(C(=O)N[C@@H](C)C(N)=O)cc2)n1. The first-order valence-electron chi connectivity index (χ1n) is 6.62. The zero-order chi connectivity index (χ0) is 15.6. The zero-order valence-corrected chi connectivity index (χ0v) is 12.3. The van der Waals surface area contributed by atoms with Crippen molar-refractivity contribution >= 4 is 11.8 Å². The van der Waals surface area contributed by atoms with Gasteiger partial charge in [-0.05, 0) is 51.1 Å². The molecule has 110 valence electrons. The Labute approximate surface area is 122 Å². The van der Waals surface area contributed by atoms with E-state index in [0.29, 0.717) is 5.56 Å². The smallest absolute Gasteiger partial charge is 0.251 e. The lowest BCUT2D eigenvalue weighted by Crippen LogP contribution is -2.42. The van der Waals surface area contributed by atoms with E-state index in [9.17, 15) is 9.59 Å². The van der Waals surface area contributed by atoms with Gasteiger partial charge in [0.1, 0.15) is 6.04 Å². The van der Waals surface area contributed by atoms with E-state index < -0.39 is 11.9 Å². The second kappa shape index (κ2) is 5.78. The molecule has 0 fully saturated rings. The number of primary amides is 1. The molecular formula is C15H18N4O2. The Hall–Kier alpha value is -2.63. The van der Waals surface area contributed by atoms with Crippen molar-refractivity contribution in [2.24, 2.45) is 5.73 Å². The minimum Gasteiger partial charge on any atom is -0.368 e. The van der Waals surface area contributed by atoms with Gasteiger partial charge in [0.25, 0.3) is 5.91 Å². The molecule has 1 atom stereocenters. The Morgan fingerprint density at radius 3 is 2.33 bits per heavy atom. The van der Waals surface area contributed by atoms with Crippen molar-refractivity contribution in [2.45, 2.75) is 26.8 Å². The predicted molar refractivity (Wildman–Crippen MR) is 79.2 cm³/mol. The third-order valence-corrected chi connectivity index (χ3v) is 3.16. The Morgan fingerprint density at radius 2 is 1.86 bits per heavy atom. The van der Waals surface area contributed by atoms with Crippen molar-refractivity contribution in [2.75, 3.05) is 0 Å². The van der Waals surface area contributed by atoms with Crippen LogP contribution < -0.4 is 11.1 Å². The molecule has 2 rings (SSSR count). The first-order valence-corrected chi connectivity index (χ1v) is 6.62. The van der Waals surface area contributed by atoms with E-state index in [1.54, 1.807) is 19.1 Å². The fraction of sp³-hybridized carbons (Fsp3) is 0.267. The maximum atomic E-state index is 11.9. The van der Waals surface area contributed by atoms with Crippen LogP contribution in [0.1, 0.15) is 28.7 Å². The Kier molecular flexibility index (Phi) is 4.07. The molecule has 1 heterocycles. The topological polar surface area (TPSA) is 90.0 Å². The van der Waals surface area contributed by atoms with Crippen LogP contribution in [0.25, 0.3) is 5.69 Å². The molecule has 2 aromatic rings. The van der Waals surface area contributed by atoms with Gasteiger partial charge in [0.05, 0.1) is 11.4 Å². The van der Waals surface area contributed by atoms with Crippen LogP contribution in [0.4, 0.5) is 0 Å². The highest BCUT2D eigenvalue weighted by molar-refractivity contribution is 5.97. The first kappa shape index (κ1) is 14.8. The van der Waals surface area contributed by atoms with Gasteiger partial charge in [-0.2, -0.15) is 5.10 Å². The second-order valence-corrected chi connectivity index (χ2v) is 4.98. The molecule has 0 aliphatic carbocycles. The number of aryl methyl sites for hydroxylation is 2. The van der Waals surface area contributed by atoms with Crippen molar-refractivity contribution < 1.29 is 9.59 Å². The number of hydrogen-bond acceptors (Lipinski definition) is 3. The summed E-state index contributed by atoms with van der Waals surface area (Å²) in [5.74, 6) is -0.899. The fourth-order valence-corrected chi connectivity index (χ4v) is 2.00. The molecule has 0 unspecified atom stereocenters. The van der Waals surface area contributed by atoms with Crippen molar-refractivity contribution in [3.05, 3.63) is 47.3 Å². The standard InChI is InChI=1S/C15H18N4O2/c1-9-8-10(2)19(18-9)13-6-4-12(5-7-13)15(21)17-11(3)14(16)20/h4-8,11H,1-3H3,(H2,16,20)(H,17,21)/t11-/m0/s1. The average molecular weight is 286 g/mol. The van der Waals surface area contributed by atoms with Crippen LogP contribution in [0.15, 0.2) is 30.3 Å². The summed E-state index contributed by atoms with van der Waals surface area (Å²) in [6.45, 7) is 5.44. The summed E-state index contributed by atoms with van der Waals surface area (Å²) in [5, 5.41) is 6.92. The monoisotopic (exact) mass is 286 g/mol. The van der Waals surface area contributed by atoms with Crippen LogP contribution >= 0.6 is 0 Å². The summed E-state index contributed by atoms with van der Waals surface area (Å²) in [5.41, 5.74) is 8.41. The Morgan fingerprint density at radius 1 is 1.24 bits per heavy atom. The van der Waals surface area contributed by atoms with Crippen LogP contribution in [0.5, 0.6) is 0 Å². The molecule has 6 nitrogen and oxygen atoms in total. The van der Waals surface area contributed by atoms with Crippen molar-refractivity contribution in [3.8, 4) is 5.69 Å². The normalized spacial score (nSPS) is 12.0. The summed E-state index contributed by atoms with van der Waals surface area (Å²) in [6.07, 6.45) is 0. The molecule has 3 N–H and O–H groups in total. The van der Waals surface area contributed by atoms with Crippen LogP contribution in [0.2, 0.25) is 0 Å². The minimum atomic E-state index is -0.701. The average Bonchev–Trinajstić information content (AvgIpc) is 2.77. The number of carbonyl (C=O) groups is 2. The fourth-order valence-electron chi connectivity index (χ4n) is 2.00. The molecular weight excluding hydrogens is 268 g/mol. The van der Waals surface area contributed by atoms with E-state index in [1.807, 2.05) is 36.7 Å². The summed E-state index contributed by atoms with van der Waals surface area (Å²) >= 11 is 0. The Balaban J connectivity index is 2.17. The van der Waals surface area contributed by atoms with Gasteiger partial charge in [0.2, 0.25) is 5.91 Å². The van der Waals surface area contributed by atoms with Crippen LogP contribution in [-0.4, -0.2) is 27.6 Å². The number of nitrogens with one attached hydrogen (secondary N) is 1. The summed E-state index contributed by atoms with van der Waals surface area (Å²) in [4.78, 5) is 22.9. The molecule has 0 bridgehead atoms. The number of rotatable bonds is 4. The molecule has 0 saturated carbocycles. The summed E-state index contributed by atoms with van der Waals surface area (Å²) in [7, 11) is 0. The van der Waals surface area contributed by atoms with Crippen molar-refractivity contribution in [1.82, 2.24) is 15.1 Å². The lowest BCUT2D eigenvalue weighted by atomic mass is 10.2. The lowest BCUT2D eigenvalue weighted by Gasteiger charge is -2.10. The van der Waals surface area contributed by atoms with Gasteiger partial charge in [0.15, 0.2) is 0 Å². The molecule has 2 amide bonds. The Bertz CT molecular complexity index is 673. The highest BCUT2D eigenvalue weighted by Gasteiger charge is 2.13. The molecule has 0 spiro atoms. The molecule has 0 aliphatic heterocycles. The molecule has 21 heavy (non-hydrogen) atoms. The van der Waals surface area contributed by atoms with E-state index in [2.05, 4.69) is 10.4 Å². The lowest BCUT2D eigenvalue weighted by molar-refractivity contribution is -0.119. The highest BCUT2D eigenvalue weighted by Crippen LogP contribution is 2.13. The van der Waals surface area contributed by atoms with Crippen LogP contribution in [0, 0.1) is 13.8 Å². The second-order valence-electron chi connectivity index (χ2n) is 4.98. The minimum absolute atomic E-state index is 0.332. The van der Waals surface area contributed by atoms with Gasteiger partial charge in [-0.3, -0.25) is 9.59 Å². The summed E-state index contributed by atoms with van der Waals surface area (Å²) in [6, 6.07) is 8.28. The number of nitrogens with zero attached hydrogens (tertiary/aromatic N) is 2. The maximum absolute atomic E-state index is 11.9. The van der Waals surface area contributed by atoms with Gasteiger partial charge in [-0.25, -0.2) is 4.68 Å². The van der Waals surface area contributed by atoms with Crippen molar-refractivity contribution in [1.29, 1.82) is 0 Å². The number of amides is 2. The number of carbonyl (C=O) groups excluding carboxylic acids is 2. The largest absolute Gasteiger partial charge is 0.368 e. The van der Waals surface area contributed by atoms with Gasteiger partial charge in [0, 0.05) is 11.3 Å². The molecule has 0 aliphatic rings. The summed E-state index contributed by atoms with van der Waals surface area (Å²) < 4.78 is 1.81. The number of hydrogen-bond donors (Lipinski definition) is 2. The van der Waals surface area contributed by atoms with Crippen molar-refractivity contribution in [3.63, 3.8) is 0 Å². The number of benzene rings is 1. The highest BCUT2D eigenvalue weighted by atomic mass is 16.2. The maximum Gasteiger partial charge on any atom is 0.251 e. The van der Waals surface area contributed by atoms with E-state index in [4.69, 9.17) is 5.73 Å². The molecule has 6 heteroatoms. The third-order valence-electron chi connectivity index (χ3n) is 3.16. The zero-order valence-electron chi connectivity index (χ0n) is 12.3. The van der Waals surface area contributed by atoms with Gasteiger partial charge in [-0.1, -0.05) is 0 Å². The molecule has 1 aromatic heterocycles. The quantitative estimate of drug-likeness (QED) is 0.881. The van der Waals surface area contributed by atoms with E-state index in [-0.39, 0.29) is 5.91 Å². The molecule has 0 saturated heterocycles. The van der Waals surface area contributed by atoms with E-state index in [1.165, 1.54) is 0 Å². The molecule has 0 radical (unpaired) electrons. The van der Waals surface area contributed by atoms with Crippen LogP contribution in [-0.2, 0) is 4.79 Å². The first-order chi connectivity index (χ1) is 9.88. The van der Waals surface area contributed by atoms with Gasteiger partial charge < -0.3 is 11.1 Å². The van der Waals surface area contributed by atoms with Gasteiger partial charge >= 0.3 is 0 Å². The van der Waals surface area contributed by atoms with Gasteiger partial charge in [-0.15, -0.1) is 0 Å². The number of aromatic nitrogens is 2. The van der Waals surface area contributed by atoms with E-state index >= 15 is 0 Å². The van der Waals surface area contributed by atoms with E-state index in [0.717, 1.165) is 17.1 Å².